The third kappa shape index (κ3) is 2.42. The average Bonchev–Trinajstić information content (AvgIpc) is 2.47. The molecule has 1 aliphatic heterocycles. The maximum atomic E-state index is 10.8. The molecule has 3 nitrogen and oxygen atoms in total. The number of hydrogen-bond donors (Lipinski definition) is 1. The summed E-state index contributed by atoms with van der Waals surface area (Å²) in [4.78, 5) is 7.40. The summed E-state index contributed by atoms with van der Waals surface area (Å²) in [6, 6.07) is 4.27. The molecule has 0 saturated carbocycles. The number of benzene rings is 1. The van der Waals surface area contributed by atoms with Crippen LogP contribution in [0.1, 0.15) is 48.7 Å². The van der Waals surface area contributed by atoms with Gasteiger partial charge in [-0.3, -0.25) is 9.88 Å². The van der Waals surface area contributed by atoms with Crippen molar-refractivity contribution in [2.45, 2.75) is 53.2 Å². The summed E-state index contributed by atoms with van der Waals surface area (Å²) in [5, 5.41) is 11.9. The largest absolute Gasteiger partial charge is 0.386 e. The van der Waals surface area contributed by atoms with Gasteiger partial charge in [0.1, 0.15) is 0 Å². The molecule has 0 radical (unpaired) electrons. The highest BCUT2D eigenvalue weighted by atomic mass is 16.3. The molecule has 0 unspecified atom stereocenters. The zero-order valence-corrected chi connectivity index (χ0v) is 14.3. The second-order valence-corrected chi connectivity index (χ2v) is 6.99. The van der Waals surface area contributed by atoms with Crippen molar-refractivity contribution in [1.82, 2.24) is 9.88 Å². The lowest BCUT2D eigenvalue weighted by Gasteiger charge is -2.33. The molecule has 0 amide bonds. The molecule has 118 valence electrons. The molecule has 1 aromatic carbocycles. The van der Waals surface area contributed by atoms with E-state index >= 15 is 0 Å². The smallest absolute Gasteiger partial charge is 0.0850 e. The van der Waals surface area contributed by atoms with Gasteiger partial charge in [0.15, 0.2) is 0 Å². The molecule has 0 aliphatic carbocycles. The van der Waals surface area contributed by atoms with Crippen LogP contribution in [0.5, 0.6) is 0 Å². The quantitative estimate of drug-likeness (QED) is 0.922. The van der Waals surface area contributed by atoms with Crippen molar-refractivity contribution < 1.29 is 5.11 Å². The van der Waals surface area contributed by atoms with E-state index in [2.05, 4.69) is 37.8 Å². The first-order valence-electron chi connectivity index (χ1n) is 8.19. The average molecular weight is 298 g/mol. The van der Waals surface area contributed by atoms with Gasteiger partial charge in [-0.1, -0.05) is 19.1 Å². The highest BCUT2D eigenvalue weighted by Gasteiger charge is 2.29. The second-order valence-electron chi connectivity index (χ2n) is 6.99. The van der Waals surface area contributed by atoms with Crippen LogP contribution >= 0.6 is 0 Å². The second kappa shape index (κ2) is 5.32. The maximum absolute atomic E-state index is 10.8. The summed E-state index contributed by atoms with van der Waals surface area (Å²) in [6.07, 6.45) is 0.968. The lowest BCUT2D eigenvalue weighted by Crippen LogP contribution is -2.34. The minimum absolute atomic E-state index is 0.857. The van der Waals surface area contributed by atoms with Crippen LogP contribution in [0.15, 0.2) is 12.1 Å². The van der Waals surface area contributed by atoms with Gasteiger partial charge in [-0.2, -0.15) is 0 Å². The molecular formula is C19H26N2O. The Morgan fingerprint density at radius 3 is 2.64 bits per heavy atom. The fraction of sp³-hybridized carbons (Fsp3) is 0.526. The van der Waals surface area contributed by atoms with E-state index in [-0.39, 0.29) is 0 Å². The standard InChI is InChI=1S/C19H26N2O/c1-6-21-10-9-16-15(11-21)17(19(4,5)22)14-8-7-12(2)13(3)18(14)20-16/h7-8,22H,6,9-11H2,1-5H3. The molecule has 1 N–H and O–H groups in total. The highest BCUT2D eigenvalue weighted by Crippen LogP contribution is 2.36. The summed E-state index contributed by atoms with van der Waals surface area (Å²) < 4.78 is 0. The van der Waals surface area contributed by atoms with Crippen LogP contribution in [-0.4, -0.2) is 28.1 Å². The Morgan fingerprint density at radius 2 is 2.00 bits per heavy atom. The normalized spacial score (nSPS) is 16.1. The minimum Gasteiger partial charge on any atom is -0.386 e. The number of likely N-dealkylation sites (N-methyl/N-ethyl adjacent to an activating group) is 1. The molecule has 1 aliphatic rings. The Kier molecular flexibility index (Phi) is 3.74. The molecule has 3 rings (SSSR count). The molecule has 0 atom stereocenters. The molecule has 2 heterocycles. The predicted octanol–water partition coefficient (Wildman–Crippen LogP) is 3.46. The van der Waals surface area contributed by atoms with Crippen LogP contribution in [0.2, 0.25) is 0 Å². The number of rotatable bonds is 2. The third-order valence-corrected chi connectivity index (χ3v) is 4.97. The zero-order valence-electron chi connectivity index (χ0n) is 14.3. The first-order valence-corrected chi connectivity index (χ1v) is 8.19. The number of aliphatic hydroxyl groups is 1. The summed E-state index contributed by atoms with van der Waals surface area (Å²) in [7, 11) is 0. The van der Waals surface area contributed by atoms with E-state index in [1.165, 1.54) is 22.4 Å². The number of pyridine rings is 1. The van der Waals surface area contributed by atoms with Crippen molar-refractivity contribution in [3.05, 3.63) is 40.1 Å². The van der Waals surface area contributed by atoms with Gasteiger partial charge in [0, 0.05) is 30.6 Å². The third-order valence-electron chi connectivity index (χ3n) is 4.97. The maximum Gasteiger partial charge on any atom is 0.0850 e. The van der Waals surface area contributed by atoms with E-state index < -0.39 is 5.60 Å². The number of nitrogens with zero attached hydrogens (tertiary/aromatic N) is 2. The number of aromatic nitrogens is 1. The monoisotopic (exact) mass is 298 g/mol. The molecule has 0 fully saturated rings. The zero-order chi connectivity index (χ0) is 16.1. The van der Waals surface area contributed by atoms with Crippen molar-refractivity contribution in [3.63, 3.8) is 0 Å². The first-order chi connectivity index (χ1) is 10.3. The van der Waals surface area contributed by atoms with Gasteiger partial charge < -0.3 is 5.11 Å². The van der Waals surface area contributed by atoms with Gasteiger partial charge in [-0.05, 0) is 56.5 Å². The first kappa shape index (κ1) is 15.4. The minimum atomic E-state index is -0.857. The molecule has 1 aromatic heterocycles. The van der Waals surface area contributed by atoms with Crippen molar-refractivity contribution in [1.29, 1.82) is 0 Å². The van der Waals surface area contributed by atoms with Crippen LogP contribution in [0, 0.1) is 13.8 Å². The lowest BCUT2D eigenvalue weighted by atomic mass is 9.85. The van der Waals surface area contributed by atoms with E-state index in [9.17, 15) is 5.11 Å². The number of hydrogen-bond acceptors (Lipinski definition) is 3. The van der Waals surface area contributed by atoms with Gasteiger partial charge in [0.25, 0.3) is 0 Å². The molecule has 22 heavy (non-hydrogen) atoms. The van der Waals surface area contributed by atoms with Gasteiger partial charge in [0.05, 0.1) is 11.1 Å². The Bertz CT molecular complexity index is 729. The number of aryl methyl sites for hydroxylation is 2. The van der Waals surface area contributed by atoms with Crippen LogP contribution < -0.4 is 0 Å². The Labute approximate surface area is 133 Å². The van der Waals surface area contributed by atoms with Gasteiger partial charge in [-0.25, -0.2) is 0 Å². The van der Waals surface area contributed by atoms with E-state index in [4.69, 9.17) is 4.98 Å². The predicted molar refractivity (Wildman–Crippen MR) is 91.1 cm³/mol. The van der Waals surface area contributed by atoms with Crippen LogP contribution in [0.4, 0.5) is 0 Å². The van der Waals surface area contributed by atoms with E-state index in [1.54, 1.807) is 0 Å². The van der Waals surface area contributed by atoms with Crippen LogP contribution in [-0.2, 0) is 18.6 Å². The van der Waals surface area contributed by atoms with E-state index in [0.717, 1.165) is 42.5 Å². The van der Waals surface area contributed by atoms with Crippen LogP contribution in [0.25, 0.3) is 10.9 Å². The van der Waals surface area contributed by atoms with Gasteiger partial charge in [-0.15, -0.1) is 0 Å². The lowest BCUT2D eigenvalue weighted by molar-refractivity contribution is 0.0775. The molecule has 0 bridgehead atoms. The summed E-state index contributed by atoms with van der Waals surface area (Å²) in [5.74, 6) is 0. The topological polar surface area (TPSA) is 36.4 Å². The van der Waals surface area contributed by atoms with Crippen molar-refractivity contribution >= 4 is 10.9 Å². The fourth-order valence-corrected chi connectivity index (χ4v) is 3.57. The van der Waals surface area contributed by atoms with E-state index in [0.29, 0.717) is 0 Å². The Morgan fingerprint density at radius 1 is 1.27 bits per heavy atom. The van der Waals surface area contributed by atoms with Gasteiger partial charge in [0.2, 0.25) is 0 Å². The molecule has 0 saturated heterocycles. The van der Waals surface area contributed by atoms with Crippen molar-refractivity contribution in [2.24, 2.45) is 0 Å². The van der Waals surface area contributed by atoms with Crippen LogP contribution in [0.3, 0.4) is 0 Å². The number of fused-ring (bicyclic) bond motifs is 2. The highest BCUT2D eigenvalue weighted by molar-refractivity contribution is 5.88. The fourth-order valence-electron chi connectivity index (χ4n) is 3.57. The summed E-state index contributed by atoms with van der Waals surface area (Å²) in [5.41, 5.74) is 6.15. The van der Waals surface area contributed by atoms with Crippen molar-refractivity contribution in [3.8, 4) is 0 Å². The molecule has 0 spiro atoms. The Hall–Kier alpha value is -1.45. The van der Waals surface area contributed by atoms with Crippen molar-refractivity contribution in [2.75, 3.05) is 13.1 Å². The molecule has 3 heteroatoms. The molecular weight excluding hydrogens is 272 g/mol. The SMILES string of the molecule is CCN1CCc2nc3c(C)c(C)ccc3c(C(C)(C)O)c2C1. The van der Waals surface area contributed by atoms with Gasteiger partial charge >= 0.3 is 0 Å². The molecule has 2 aromatic rings. The van der Waals surface area contributed by atoms with E-state index in [1.807, 2.05) is 13.8 Å². The summed E-state index contributed by atoms with van der Waals surface area (Å²) >= 11 is 0. The Balaban J connectivity index is 2.36. The summed E-state index contributed by atoms with van der Waals surface area (Å²) in [6.45, 7) is 13.2.